The number of carbonyl (C=O) groups is 2. The van der Waals surface area contributed by atoms with Crippen LogP contribution in [0.25, 0.3) is 0 Å². The van der Waals surface area contributed by atoms with E-state index in [1.165, 1.54) is 13.2 Å². The fraction of sp³-hybridized carbons (Fsp3) is 0.459. The van der Waals surface area contributed by atoms with Gasteiger partial charge in [0.25, 0.3) is 5.97 Å². The van der Waals surface area contributed by atoms with Gasteiger partial charge in [-0.2, -0.15) is 0 Å². The highest BCUT2D eigenvalue weighted by atomic mass is 16.9. The van der Waals surface area contributed by atoms with E-state index in [4.69, 9.17) is 23.7 Å². The van der Waals surface area contributed by atoms with Crippen molar-refractivity contribution in [3.05, 3.63) is 95.1 Å². The van der Waals surface area contributed by atoms with E-state index in [9.17, 15) is 19.8 Å². The maximum atomic E-state index is 13.8. The second-order valence-corrected chi connectivity index (χ2v) is 13.6. The van der Waals surface area contributed by atoms with Crippen LogP contribution in [-0.4, -0.2) is 64.6 Å². The number of phenols is 1. The first-order valence-electron chi connectivity index (χ1n) is 15.8. The van der Waals surface area contributed by atoms with Crippen LogP contribution in [0.1, 0.15) is 44.7 Å². The predicted octanol–water partition coefficient (Wildman–Crippen LogP) is 4.74. The molecule has 2 aromatic rings. The summed E-state index contributed by atoms with van der Waals surface area (Å²) in [5, 5.41) is 22.3. The Hall–Kier alpha value is -3.76. The van der Waals surface area contributed by atoms with E-state index in [1.807, 2.05) is 49.4 Å². The van der Waals surface area contributed by atoms with Crippen LogP contribution in [0.15, 0.2) is 84.0 Å². The standard InChI is InChI=1S/C37H40O9/c1-21(2)35-17-23(4)37-27(33(35)44-36(45-35,46-37)19-24-9-7-6-8-10-24)14-26(18-34(41)30(37)13-22(3)32(34)40)20-43-31(39)16-25-11-12-28(38)29(15-25)42-5/h6-15,22-23,27,33,38,41H,1,16-20H2,2-5H3/t22?,23-,27+,33-,34-,35+,36?,37-/m1/s1. The SMILES string of the molecule is C=C(C)[C@@]12C[C@@H](C)[C@@]34OC(Cc5ccccc5)(O[C@@H]1[C@@H]3C=C(COC(=O)Cc1ccc(O)c(OC)c1)C[C@]1(O)C(=O)C(C)C=C14)O2. The molecule has 2 unspecified atom stereocenters. The van der Waals surface area contributed by atoms with E-state index in [0.717, 1.165) is 11.1 Å². The zero-order valence-corrected chi connectivity index (χ0v) is 26.6. The summed E-state index contributed by atoms with van der Waals surface area (Å²) < 4.78 is 31.7. The number of rotatable bonds is 8. The molecule has 2 aliphatic heterocycles. The number of benzene rings is 2. The van der Waals surface area contributed by atoms with E-state index < -0.39 is 46.7 Å². The van der Waals surface area contributed by atoms with Crippen LogP contribution in [0.5, 0.6) is 11.5 Å². The van der Waals surface area contributed by atoms with Crippen LogP contribution in [0.2, 0.25) is 0 Å². The summed E-state index contributed by atoms with van der Waals surface area (Å²) in [4.78, 5) is 26.8. The van der Waals surface area contributed by atoms with Gasteiger partial charge in [0.15, 0.2) is 22.9 Å². The molecule has 1 saturated carbocycles. The lowest BCUT2D eigenvalue weighted by molar-refractivity contribution is -0.405. The largest absolute Gasteiger partial charge is 0.504 e. The van der Waals surface area contributed by atoms with Crippen LogP contribution in [0, 0.1) is 17.8 Å². The molecule has 5 aliphatic rings. The third kappa shape index (κ3) is 4.43. The van der Waals surface area contributed by atoms with Gasteiger partial charge in [-0.15, -0.1) is 0 Å². The Bertz CT molecular complexity index is 1680. The minimum absolute atomic E-state index is 0.0265. The molecule has 0 spiro atoms. The number of esters is 1. The number of fused-ring (bicyclic) bond motifs is 2. The molecule has 0 aromatic heterocycles. The van der Waals surface area contributed by atoms with E-state index in [0.29, 0.717) is 29.6 Å². The maximum Gasteiger partial charge on any atom is 0.310 e. The highest BCUT2D eigenvalue weighted by molar-refractivity contribution is 5.98. The van der Waals surface area contributed by atoms with Gasteiger partial charge in [-0.1, -0.05) is 69.0 Å². The van der Waals surface area contributed by atoms with Gasteiger partial charge in [-0.05, 0) is 59.2 Å². The lowest BCUT2D eigenvalue weighted by Gasteiger charge is -2.57. The lowest BCUT2D eigenvalue weighted by atomic mass is 9.56. The second kappa shape index (κ2) is 10.6. The van der Waals surface area contributed by atoms with Crippen molar-refractivity contribution in [1.82, 2.24) is 0 Å². The van der Waals surface area contributed by atoms with Crippen molar-refractivity contribution < 1.29 is 43.5 Å². The Labute approximate surface area is 268 Å². The molecule has 0 amide bonds. The van der Waals surface area contributed by atoms with Crippen molar-refractivity contribution in [2.24, 2.45) is 17.8 Å². The van der Waals surface area contributed by atoms with Gasteiger partial charge in [0.1, 0.15) is 23.9 Å². The average molecular weight is 629 g/mol. The van der Waals surface area contributed by atoms with E-state index >= 15 is 0 Å². The van der Waals surface area contributed by atoms with Crippen molar-refractivity contribution in [2.75, 3.05) is 13.7 Å². The number of aliphatic hydroxyl groups is 1. The Morgan fingerprint density at radius 3 is 2.57 bits per heavy atom. The van der Waals surface area contributed by atoms with Crippen LogP contribution in [0.4, 0.5) is 0 Å². The molecule has 2 aromatic carbocycles. The summed E-state index contributed by atoms with van der Waals surface area (Å²) >= 11 is 0. The Kier molecular flexibility index (Phi) is 7.14. The zero-order chi connectivity index (χ0) is 32.6. The average Bonchev–Trinajstić information content (AvgIpc) is 3.32. The molecule has 242 valence electrons. The molecular formula is C37H40O9. The van der Waals surface area contributed by atoms with Gasteiger partial charge >= 0.3 is 5.97 Å². The number of Topliss-reactive ketones (excluding diaryl/α,β-unsaturated/α-hetero) is 1. The first kappa shape index (κ1) is 30.9. The third-order valence-corrected chi connectivity index (χ3v) is 10.6. The highest BCUT2D eigenvalue weighted by Gasteiger charge is 2.78. The number of ketones is 1. The molecule has 2 heterocycles. The smallest absolute Gasteiger partial charge is 0.310 e. The van der Waals surface area contributed by atoms with Crippen molar-refractivity contribution in [3.8, 4) is 11.5 Å². The minimum atomic E-state index is -1.85. The highest BCUT2D eigenvalue weighted by Crippen LogP contribution is 2.68. The monoisotopic (exact) mass is 628 g/mol. The molecule has 2 N–H and O–H groups in total. The molecule has 2 saturated heterocycles. The summed E-state index contributed by atoms with van der Waals surface area (Å²) in [5.41, 5.74) is -0.312. The summed E-state index contributed by atoms with van der Waals surface area (Å²) in [5.74, 6) is -3.23. The molecule has 9 nitrogen and oxygen atoms in total. The van der Waals surface area contributed by atoms with Crippen molar-refractivity contribution in [3.63, 3.8) is 0 Å². The number of carbonyl (C=O) groups excluding carboxylic acids is 2. The first-order valence-corrected chi connectivity index (χ1v) is 15.8. The second-order valence-electron chi connectivity index (χ2n) is 13.6. The zero-order valence-electron chi connectivity index (χ0n) is 26.6. The molecule has 8 atom stereocenters. The van der Waals surface area contributed by atoms with Crippen LogP contribution in [-0.2, 0) is 41.4 Å². The fourth-order valence-electron chi connectivity index (χ4n) is 8.55. The normalized spacial score (nSPS) is 37.1. The number of methoxy groups -OCH3 is 1. The van der Waals surface area contributed by atoms with Gasteiger partial charge < -0.3 is 33.9 Å². The molecule has 3 fully saturated rings. The molecule has 9 heteroatoms. The summed E-state index contributed by atoms with van der Waals surface area (Å²) in [6.07, 6.45) is 4.07. The Morgan fingerprint density at radius 2 is 1.85 bits per heavy atom. The van der Waals surface area contributed by atoms with Gasteiger partial charge in [0.05, 0.1) is 20.0 Å². The number of hydrogen-bond donors (Lipinski definition) is 2. The number of hydrogen-bond acceptors (Lipinski definition) is 9. The topological polar surface area (TPSA) is 121 Å². The fourth-order valence-corrected chi connectivity index (χ4v) is 8.55. The predicted molar refractivity (Wildman–Crippen MR) is 167 cm³/mol. The molecular weight excluding hydrogens is 588 g/mol. The quantitative estimate of drug-likeness (QED) is 0.315. The molecule has 3 bridgehead atoms. The van der Waals surface area contributed by atoms with Gasteiger partial charge in [-0.25, -0.2) is 0 Å². The van der Waals surface area contributed by atoms with E-state index in [1.54, 1.807) is 19.1 Å². The van der Waals surface area contributed by atoms with Crippen LogP contribution in [0.3, 0.4) is 0 Å². The molecule has 0 radical (unpaired) electrons. The summed E-state index contributed by atoms with van der Waals surface area (Å²) in [6.45, 7) is 10.0. The third-order valence-electron chi connectivity index (χ3n) is 10.6. The van der Waals surface area contributed by atoms with Crippen LogP contribution >= 0.6 is 0 Å². The summed E-state index contributed by atoms with van der Waals surface area (Å²) in [6, 6.07) is 14.5. The minimum Gasteiger partial charge on any atom is -0.504 e. The Balaban J connectivity index is 1.27. The van der Waals surface area contributed by atoms with Crippen LogP contribution < -0.4 is 4.74 Å². The first-order chi connectivity index (χ1) is 21.9. The molecule has 7 rings (SSSR count). The Morgan fingerprint density at radius 1 is 1.09 bits per heavy atom. The van der Waals surface area contributed by atoms with E-state index in [2.05, 4.69) is 13.5 Å². The number of allylic oxidation sites excluding steroid dienone is 1. The van der Waals surface area contributed by atoms with Crippen molar-refractivity contribution >= 4 is 11.8 Å². The summed E-state index contributed by atoms with van der Waals surface area (Å²) in [7, 11) is 1.44. The maximum absolute atomic E-state index is 13.8. The molecule has 3 aliphatic carbocycles. The van der Waals surface area contributed by atoms with Gasteiger partial charge in [-0.3, -0.25) is 9.59 Å². The lowest BCUT2D eigenvalue weighted by Crippen LogP contribution is -2.68. The van der Waals surface area contributed by atoms with Gasteiger partial charge in [0, 0.05) is 18.3 Å². The van der Waals surface area contributed by atoms with Crippen molar-refractivity contribution in [2.45, 2.75) is 75.3 Å². The number of aromatic hydroxyl groups is 1. The van der Waals surface area contributed by atoms with E-state index in [-0.39, 0.29) is 42.6 Å². The molecule has 46 heavy (non-hydrogen) atoms. The van der Waals surface area contributed by atoms with Crippen molar-refractivity contribution in [1.29, 1.82) is 0 Å². The van der Waals surface area contributed by atoms with Gasteiger partial charge in [0.2, 0.25) is 0 Å². The number of phenolic OH excluding ortho intramolecular Hbond substituents is 1. The number of ether oxygens (including phenoxy) is 5.